The Kier molecular flexibility index (Phi) is 8.58. The smallest absolute Gasteiger partial charge is 0.199 e. The van der Waals surface area contributed by atoms with Crippen molar-refractivity contribution in [1.29, 1.82) is 0 Å². The van der Waals surface area contributed by atoms with E-state index in [1.165, 1.54) is 16.8 Å². The molecule has 1 N–H and O–H groups in total. The number of rotatable bonds is 10. The first kappa shape index (κ1) is 28.4. The average molecular weight is 569 g/mol. The predicted octanol–water partition coefficient (Wildman–Crippen LogP) is 5.93. The van der Waals surface area contributed by atoms with Crippen LogP contribution in [0.2, 0.25) is 0 Å². The van der Waals surface area contributed by atoms with Gasteiger partial charge in [-0.3, -0.25) is 4.90 Å². The zero-order valence-electron chi connectivity index (χ0n) is 25.3. The molecule has 7 heteroatoms. The molecule has 4 aromatic rings. The van der Waals surface area contributed by atoms with E-state index in [2.05, 4.69) is 80.9 Å². The van der Waals surface area contributed by atoms with Gasteiger partial charge in [-0.05, 0) is 73.3 Å². The number of hydrogen-bond acceptors (Lipinski definition) is 6. The fourth-order valence-corrected chi connectivity index (χ4v) is 6.82. The first-order valence-corrected chi connectivity index (χ1v) is 15.4. The molecule has 1 saturated heterocycles. The van der Waals surface area contributed by atoms with Crippen LogP contribution in [0, 0.1) is 0 Å². The number of methoxy groups -OCH3 is 2. The lowest BCUT2D eigenvalue weighted by Gasteiger charge is -2.35. The van der Waals surface area contributed by atoms with Crippen molar-refractivity contribution in [1.82, 2.24) is 14.4 Å². The largest absolute Gasteiger partial charge is 0.494 e. The number of fused-ring (bicyclic) bond motifs is 2. The zero-order chi connectivity index (χ0) is 29.1. The summed E-state index contributed by atoms with van der Waals surface area (Å²) in [4.78, 5) is 7.53. The molecular weight excluding hydrogens is 524 g/mol. The Morgan fingerprint density at radius 1 is 0.810 bits per heavy atom. The van der Waals surface area contributed by atoms with E-state index < -0.39 is 0 Å². The lowest BCUT2D eigenvalue weighted by Crippen LogP contribution is -2.46. The van der Waals surface area contributed by atoms with Crippen molar-refractivity contribution < 1.29 is 14.6 Å². The monoisotopic (exact) mass is 568 g/mol. The molecule has 42 heavy (non-hydrogen) atoms. The van der Waals surface area contributed by atoms with Gasteiger partial charge in [-0.15, -0.1) is 0 Å². The Morgan fingerprint density at radius 3 is 2.36 bits per heavy atom. The van der Waals surface area contributed by atoms with Crippen molar-refractivity contribution >= 4 is 16.5 Å². The maximum atomic E-state index is 11.7. The molecule has 3 aromatic carbocycles. The number of likely N-dealkylation sites (N-methyl/N-ethyl adjacent to an activating group) is 1. The molecule has 0 unspecified atom stereocenters. The lowest BCUT2D eigenvalue weighted by molar-refractivity contribution is 0.243. The molecule has 1 atom stereocenters. The van der Waals surface area contributed by atoms with Crippen LogP contribution in [-0.2, 0) is 13.0 Å². The third-order valence-electron chi connectivity index (χ3n) is 9.29. The topological polar surface area (TPSA) is 53.3 Å². The molecule has 1 fully saturated rings. The molecule has 7 nitrogen and oxygen atoms in total. The quantitative estimate of drug-likeness (QED) is 0.256. The van der Waals surface area contributed by atoms with E-state index in [1.54, 1.807) is 14.2 Å². The second-order valence-electron chi connectivity index (χ2n) is 11.6. The van der Waals surface area contributed by atoms with Gasteiger partial charge in [0, 0.05) is 61.9 Å². The number of ether oxygens (including phenoxy) is 2. The summed E-state index contributed by atoms with van der Waals surface area (Å²) in [5.41, 5.74) is 5.23. The van der Waals surface area contributed by atoms with Gasteiger partial charge >= 0.3 is 0 Å². The molecule has 3 heterocycles. The molecule has 0 spiro atoms. The van der Waals surface area contributed by atoms with Gasteiger partial charge in [0.15, 0.2) is 17.4 Å². The van der Waals surface area contributed by atoms with Crippen molar-refractivity contribution in [3.05, 3.63) is 83.6 Å². The van der Waals surface area contributed by atoms with Crippen molar-refractivity contribution in [2.75, 3.05) is 64.9 Å². The van der Waals surface area contributed by atoms with E-state index in [9.17, 15) is 5.11 Å². The fourth-order valence-electron chi connectivity index (χ4n) is 6.82. The Hall–Kier alpha value is -3.68. The Morgan fingerprint density at radius 2 is 1.60 bits per heavy atom. The third kappa shape index (κ3) is 5.68. The van der Waals surface area contributed by atoms with Gasteiger partial charge in [-0.1, -0.05) is 43.3 Å². The van der Waals surface area contributed by atoms with Crippen molar-refractivity contribution in [2.24, 2.45) is 0 Å². The average Bonchev–Trinajstić information content (AvgIpc) is 3.38. The predicted molar refractivity (Wildman–Crippen MR) is 170 cm³/mol. The van der Waals surface area contributed by atoms with Crippen LogP contribution in [-0.4, -0.2) is 79.5 Å². The van der Waals surface area contributed by atoms with Crippen LogP contribution in [0.4, 0.5) is 5.69 Å². The maximum Gasteiger partial charge on any atom is 0.199 e. The van der Waals surface area contributed by atoms with Crippen molar-refractivity contribution in [2.45, 2.75) is 38.8 Å². The minimum Gasteiger partial charge on any atom is -0.494 e. The highest BCUT2D eigenvalue weighted by Crippen LogP contribution is 2.41. The second-order valence-corrected chi connectivity index (χ2v) is 11.6. The van der Waals surface area contributed by atoms with E-state index in [4.69, 9.17) is 9.47 Å². The van der Waals surface area contributed by atoms with Crippen LogP contribution in [0.5, 0.6) is 17.4 Å². The first-order valence-electron chi connectivity index (χ1n) is 15.4. The standard InChI is InChI=1S/C35H44N4O3/c1-4-36-19-21-38(22-20-36)32-12-7-11-29-30(32)25-39(35(29)40)31(27-14-15-33(41-2)34(23-27)42-3)13-8-17-37-18-16-26-9-5-6-10-28(26)24-37/h5-7,9-12,14-15,23,25,31,40H,4,8,13,16-22,24H2,1-3H3/t31-/m1/s1. The first-order chi connectivity index (χ1) is 20.6. The maximum absolute atomic E-state index is 11.7. The van der Waals surface area contributed by atoms with Crippen LogP contribution < -0.4 is 14.4 Å². The molecule has 222 valence electrons. The van der Waals surface area contributed by atoms with Crippen LogP contribution in [0.25, 0.3) is 10.8 Å². The summed E-state index contributed by atoms with van der Waals surface area (Å²) in [7, 11) is 3.34. The van der Waals surface area contributed by atoms with Crippen LogP contribution in [0.15, 0.2) is 66.9 Å². The fraction of sp³-hybridized carbons (Fsp3) is 0.429. The van der Waals surface area contributed by atoms with Gasteiger partial charge in [0.25, 0.3) is 0 Å². The van der Waals surface area contributed by atoms with Crippen molar-refractivity contribution in [3.63, 3.8) is 0 Å². The highest BCUT2D eigenvalue weighted by atomic mass is 16.5. The minimum absolute atomic E-state index is 0.0425. The Bertz CT molecular complexity index is 1510. The highest BCUT2D eigenvalue weighted by Gasteiger charge is 2.25. The normalized spacial score (nSPS) is 16.9. The van der Waals surface area contributed by atoms with E-state index >= 15 is 0 Å². The van der Waals surface area contributed by atoms with Gasteiger partial charge < -0.3 is 28.9 Å². The van der Waals surface area contributed by atoms with E-state index in [0.717, 1.165) is 88.0 Å². The summed E-state index contributed by atoms with van der Waals surface area (Å²) >= 11 is 0. The zero-order valence-corrected chi connectivity index (χ0v) is 25.3. The van der Waals surface area contributed by atoms with Gasteiger partial charge in [-0.2, -0.15) is 0 Å². The number of benzene rings is 3. The lowest BCUT2D eigenvalue weighted by atomic mass is 9.98. The summed E-state index contributed by atoms with van der Waals surface area (Å²) in [6.07, 6.45) is 5.19. The van der Waals surface area contributed by atoms with E-state index in [-0.39, 0.29) is 6.04 Å². The number of aromatic nitrogens is 1. The highest BCUT2D eigenvalue weighted by molar-refractivity contribution is 5.98. The minimum atomic E-state index is -0.0425. The van der Waals surface area contributed by atoms with Gasteiger partial charge in [-0.25, -0.2) is 0 Å². The number of anilines is 1. The molecule has 0 aliphatic carbocycles. The molecule has 0 bridgehead atoms. The Balaban J connectivity index is 1.30. The molecule has 0 saturated carbocycles. The number of hydrogen-bond donors (Lipinski definition) is 1. The molecule has 0 amide bonds. The molecule has 2 aliphatic rings. The number of piperazine rings is 1. The molecule has 0 radical (unpaired) electrons. The van der Waals surface area contributed by atoms with Gasteiger partial charge in [0.1, 0.15) is 0 Å². The summed E-state index contributed by atoms with van der Waals surface area (Å²) < 4.78 is 13.3. The summed E-state index contributed by atoms with van der Waals surface area (Å²) in [6.45, 7) is 10.6. The number of aromatic hydroxyl groups is 1. The second kappa shape index (κ2) is 12.7. The summed E-state index contributed by atoms with van der Waals surface area (Å²) in [5.74, 6) is 1.74. The molecule has 1 aromatic heterocycles. The van der Waals surface area contributed by atoms with Gasteiger partial charge in [0.2, 0.25) is 0 Å². The number of nitrogens with zero attached hydrogens (tertiary/aromatic N) is 4. The van der Waals surface area contributed by atoms with Gasteiger partial charge in [0.05, 0.1) is 20.3 Å². The third-order valence-corrected chi connectivity index (χ3v) is 9.29. The summed E-state index contributed by atoms with van der Waals surface area (Å²) in [5, 5.41) is 13.7. The van der Waals surface area contributed by atoms with Crippen molar-refractivity contribution in [3.8, 4) is 17.4 Å². The molecule has 2 aliphatic heterocycles. The summed E-state index contributed by atoms with van der Waals surface area (Å²) in [6, 6.07) is 21.2. The van der Waals surface area contributed by atoms with E-state index in [0.29, 0.717) is 17.4 Å². The van der Waals surface area contributed by atoms with E-state index in [1.807, 2.05) is 12.1 Å². The Labute approximate surface area is 249 Å². The van der Waals surface area contributed by atoms with Crippen LogP contribution in [0.3, 0.4) is 0 Å². The van der Waals surface area contributed by atoms with Crippen LogP contribution >= 0.6 is 0 Å². The molecular formula is C35H44N4O3. The SMILES string of the molecule is CCN1CCN(c2cccc3c(O)n([C@H](CCCN4CCc5ccccc5C4)c4ccc(OC)c(OC)c4)cc23)CC1. The van der Waals surface area contributed by atoms with Crippen LogP contribution in [0.1, 0.15) is 42.5 Å². The molecule has 6 rings (SSSR count).